The lowest BCUT2D eigenvalue weighted by Gasteiger charge is -2.30. The minimum absolute atomic E-state index is 0.0586. The number of anilines is 1. The van der Waals surface area contributed by atoms with Crippen molar-refractivity contribution < 1.29 is 18.4 Å². The van der Waals surface area contributed by atoms with Gasteiger partial charge in [-0.1, -0.05) is 43.2 Å². The van der Waals surface area contributed by atoms with E-state index in [0.29, 0.717) is 25.2 Å². The lowest BCUT2D eigenvalue weighted by Crippen LogP contribution is -2.32. The van der Waals surface area contributed by atoms with Crippen molar-refractivity contribution in [3.63, 3.8) is 0 Å². The van der Waals surface area contributed by atoms with Gasteiger partial charge in [0, 0.05) is 32.8 Å². The molecule has 1 N–H and O–H groups in total. The summed E-state index contributed by atoms with van der Waals surface area (Å²) < 4.78 is 27.7. The van der Waals surface area contributed by atoms with Crippen LogP contribution in [0.1, 0.15) is 43.7 Å². The summed E-state index contributed by atoms with van der Waals surface area (Å²) in [7, 11) is -2.08. The topological polar surface area (TPSA) is 104 Å². The van der Waals surface area contributed by atoms with Crippen molar-refractivity contribution in [3.05, 3.63) is 64.2 Å². The molecule has 1 saturated heterocycles. The van der Waals surface area contributed by atoms with Gasteiger partial charge in [-0.25, -0.2) is 8.42 Å². The van der Waals surface area contributed by atoms with E-state index in [2.05, 4.69) is 0 Å². The lowest BCUT2D eigenvalue weighted by atomic mass is 10.0. The van der Waals surface area contributed by atoms with E-state index < -0.39 is 14.9 Å². The van der Waals surface area contributed by atoms with Crippen LogP contribution in [-0.4, -0.2) is 49.5 Å². The van der Waals surface area contributed by atoms with Crippen LogP contribution in [0.2, 0.25) is 0 Å². The molecule has 1 aliphatic rings. The molecule has 0 bridgehead atoms. The van der Waals surface area contributed by atoms with Gasteiger partial charge in [0.05, 0.1) is 15.9 Å². The summed E-state index contributed by atoms with van der Waals surface area (Å²) in [6.07, 6.45) is 3.94. The Morgan fingerprint density at radius 1 is 1.10 bits per heavy atom. The number of nitrogens with zero attached hydrogens (tertiary/aromatic N) is 3. The lowest BCUT2D eigenvalue weighted by molar-refractivity contribution is -0.384. The van der Waals surface area contributed by atoms with Crippen LogP contribution in [0.5, 0.6) is 0 Å². The molecule has 1 unspecified atom stereocenters. The van der Waals surface area contributed by atoms with Gasteiger partial charge in [-0.3, -0.25) is 10.1 Å². The van der Waals surface area contributed by atoms with Crippen molar-refractivity contribution in [1.29, 1.82) is 0 Å². The predicted molar refractivity (Wildman–Crippen MR) is 120 cm³/mol. The highest BCUT2D eigenvalue weighted by Crippen LogP contribution is 2.36. The largest absolute Gasteiger partial charge is 0.396 e. The summed E-state index contributed by atoms with van der Waals surface area (Å²) in [6.45, 7) is 0.786. The SMILES string of the molecule is CN(c1ccc(S(=O)(=O)N2CCCCCC2)cc1[N+](=O)[O-])C(CCO)c1ccccc1. The molecule has 9 heteroatoms. The van der Waals surface area contributed by atoms with Gasteiger partial charge in [0.1, 0.15) is 5.69 Å². The molecule has 0 spiro atoms. The molecule has 3 rings (SSSR count). The minimum atomic E-state index is -3.80. The molecule has 1 fully saturated rings. The molecule has 1 atom stereocenters. The zero-order chi connectivity index (χ0) is 22.4. The maximum absolute atomic E-state index is 13.1. The second-order valence-corrected chi connectivity index (χ2v) is 9.71. The molecule has 1 aliphatic heterocycles. The number of hydrogen-bond donors (Lipinski definition) is 1. The Morgan fingerprint density at radius 2 is 1.74 bits per heavy atom. The Morgan fingerprint density at radius 3 is 2.32 bits per heavy atom. The fourth-order valence-electron chi connectivity index (χ4n) is 4.09. The van der Waals surface area contributed by atoms with Gasteiger partial charge in [0.25, 0.3) is 5.69 Å². The second kappa shape index (κ2) is 10.2. The van der Waals surface area contributed by atoms with Crippen LogP contribution in [0.4, 0.5) is 11.4 Å². The molecule has 2 aromatic rings. The van der Waals surface area contributed by atoms with Crippen LogP contribution in [-0.2, 0) is 10.0 Å². The van der Waals surface area contributed by atoms with Gasteiger partial charge >= 0.3 is 0 Å². The van der Waals surface area contributed by atoms with Crippen LogP contribution < -0.4 is 4.90 Å². The van der Waals surface area contributed by atoms with Gasteiger partial charge in [0.15, 0.2) is 0 Å². The summed E-state index contributed by atoms with van der Waals surface area (Å²) in [5.74, 6) is 0. The van der Waals surface area contributed by atoms with E-state index in [-0.39, 0.29) is 23.2 Å². The molecule has 0 saturated carbocycles. The number of nitro groups is 1. The molecule has 31 heavy (non-hydrogen) atoms. The molecule has 2 aromatic carbocycles. The molecule has 0 radical (unpaired) electrons. The van der Waals surface area contributed by atoms with Crippen LogP contribution in [0.25, 0.3) is 0 Å². The smallest absolute Gasteiger partial charge is 0.293 e. The molecular weight excluding hydrogens is 418 g/mol. The van der Waals surface area contributed by atoms with Crippen LogP contribution in [0.15, 0.2) is 53.4 Å². The van der Waals surface area contributed by atoms with Crippen molar-refractivity contribution in [2.24, 2.45) is 0 Å². The van der Waals surface area contributed by atoms with Crippen molar-refractivity contribution in [2.75, 3.05) is 31.6 Å². The second-order valence-electron chi connectivity index (χ2n) is 7.78. The van der Waals surface area contributed by atoms with Gasteiger partial charge in [-0.2, -0.15) is 4.31 Å². The van der Waals surface area contributed by atoms with Crippen LogP contribution in [0, 0.1) is 10.1 Å². The summed E-state index contributed by atoms with van der Waals surface area (Å²) in [5.41, 5.74) is 0.953. The van der Waals surface area contributed by atoms with Gasteiger partial charge in [-0.15, -0.1) is 0 Å². The van der Waals surface area contributed by atoms with Crippen LogP contribution in [0.3, 0.4) is 0 Å². The summed E-state index contributed by atoms with van der Waals surface area (Å²) in [5, 5.41) is 21.4. The first-order chi connectivity index (χ1) is 14.9. The van der Waals surface area contributed by atoms with E-state index in [1.165, 1.54) is 16.4 Å². The monoisotopic (exact) mass is 447 g/mol. The average molecular weight is 448 g/mol. The highest BCUT2D eigenvalue weighted by atomic mass is 32.2. The Bertz CT molecular complexity index is 989. The molecule has 1 heterocycles. The van der Waals surface area contributed by atoms with Crippen molar-refractivity contribution in [3.8, 4) is 0 Å². The van der Waals surface area contributed by atoms with E-state index >= 15 is 0 Å². The van der Waals surface area contributed by atoms with E-state index in [9.17, 15) is 23.6 Å². The fourth-order valence-corrected chi connectivity index (χ4v) is 5.63. The van der Waals surface area contributed by atoms with Crippen molar-refractivity contribution in [2.45, 2.75) is 43.0 Å². The highest BCUT2D eigenvalue weighted by molar-refractivity contribution is 7.89. The number of sulfonamides is 1. The Labute approximate surface area is 183 Å². The number of rotatable bonds is 8. The van der Waals surface area contributed by atoms with Crippen LogP contribution >= 0.6 is 0 Å². The van der Waals surface area contributed by atoms with E-state index in [4.69, 9.17) is 0 Å². The Kier molecular flexibility index (Phi) is 7.64. The maximum atomic E-state index is 13.1. The van der Waals surface area contributed by atoms with Gasteiger partial charge in [0.2, 0.25) is 10.0 Å². The molecule has 0 aliphatic carbocycles. The molecule has 0 amide bonds. The molecule has 8 nitrogen and oxygen atoms in total. The third kappa shape index (κ3) is 5.23. The third-order valence-corrected chi connectivity index (χ3v) is 7.68. The summed E-state index contributed by atoms with van der Waals surface area (Å²) in [4.78, 5) is 13.0. The highest BCUT2D eigenvalue weighted by Gasteiger charge is 2.30. The minimum Gasteiger partial charge on any atom is -0.396 e. The normalized spacial score (nSPS) is 16.5. The van der Waals surface area contributed by atoms with E-state index in [1.54, 1.807) is 11.9 Å². The first-order valence-corrected chi connectivity index (χ1v) is 12.0. The number of nitro benzene ring substituents is 1. The number of aliphatic hydroxyl groups is 1. The standard InChI is InChI=1S/C22H29N3O5S/c1-23(20(13-16-26)18-9-5-4-6-10-18)21-12-11-19(17-22(21)25(27)28)31(29,30)24-14-7-2-3-8-15-24/h4-6,9-12,17,20,26H,2-3,7-8,13-16H2,1H3. The van der Waals surface area contributed by atoms with E-state index in [0.717, 1.165) is 37.3 Å². The van der Waals surface area contributed by atoms with Crippen molar-refractivity contribution >= 4 is 21.4 Å². The number of benzene rings is 2. The molecule has 168 valence electrons. The first kappa shape index (κ1) is 23.2. The number of hydrogen-bond acceptors (Lipinski definition) is 6. The summed E-state index contributed by atoms with van der Waals surface area (Å²) in [6, 6.07) is 13.2. The summed E-state index contributed by atoms with van der Waals surface area (Å²) >= 11 is 0. The quantitative estimate of drug-likeness (QED) is 0.489. The van der Waals surface area contributed by atoms with Crippen molar-refractivity contribution in [1.82, 2.24) is 4.31 Å². The maximum Gasteiger partial charge on any atom is 0.293 e. The van der Waals surface area contributed by atoms with E-state index in [1.807, 2.05) is 30.3 Å². The zero-order valence-electron chi connectivity index (χ0n) is 17.7. The molecule has 0 aromatic heterocycles. The number of aliphatic hydroxyl groups excluding tert-OH is 1. The average Bonchev–Trinajstić information content (AvgIpc) is 3.07. The Hall–Kier alpha value is -2.49. The third-order valence-electron chi connectivity index (χ3n) is 5.78. The molecular formula is C22H29N3O5S. The fraction of sp³-hybridized carbons (Fsp3) is 0.455. The predicted octanol–water partition coefficient (Wildman–Crippen LogP) is 3.72. The first-order valence-electron chi connectivity index (χ1n) is 10.5. The Balaban J connectivity index is 1.99. The van der Waals surface area contributed by atoms with Gasteiger partial charge < -0.3 is 10.0 Å². The van der Waals surface area contributed by atoms with Gasteiger partial charge in [-0.05, 0) is 37.0 Å². The zero-order valence-corrected chi connectivity index (χ0v) is 18.5.